The summed E-state index contributed by atoms with van der Waals surface area (Å²) in [5.74, 6) is 2.62. The number of ether oxygens (including phenoxy) is 5. The summed E-state index contributed by atoms with van der Waals surface area (Å²) in [6.45, 7) is 3.34. The smallest absolute Gasteiger partial charge is 0.218 e. The van der Waals surface area contributed by atoms with Crippen LogP contribution >= 0.6 is 35.1 Å². The summed E-state index contributed by atoms with van der Waals surface area (Å²) < 4.78 is 30.0. The molecule has 3 fully saturated rings. The second-order valence-electron chi connectivity index (χ2n) is 7.81. The molecule has 1 aliphatic carbocycles. The monoisotopic (exact) mass is 458 g/mol. The first kappa shape index (κ1) is 20.1. The van der Waals surface area contributed by atoms with Crippen molar-refractivity contribution in [3.8, 4) is 17.2 Å². The van der Waals surface area contributed by atoms with Crippen molar-refractivity contribution in [3.63, 3.8) is 0 Å². The minimum absolute atomic E-state index is 0.131. The molecule has 0 aromatic heterocycles. The van der Waals surface area contributed by atoms with Crippen LogP contribution in [0, 0.1) is 5.92 Å². The Morgan fingerprint density at radius 2 is 1.86 bits per heavy atom. The number of benzene rings is 1. The Bertz CT molecular complexity index is 865. The Morgan fingerprint density at radius 1 is 1.14 bits per heavy atom. The van der Waals surface area contributed by atoms with Gasteiger partial charge in [-0.2, -0.15) is 0 Å². The van der Waals surface area contributed by atoms with Gasteiger partial charge in [-0.25, -0.2) is 0 Å². The first-order valence-electron chi connectivity index (χ1n) is 9.66. The summed E-state index contributed by atoms with van der Waals surface area (Å²) in [6.07, 6.45) is 1.30. The van der Waals surface area contributed by atoms with Gasteiger partial charge < -0.3 is 23.7 Å². The number of methoxy groups -OCH3 is 2. The van der Waals surface area contributed by atoms with Crippen LogP contribution < -0.4 is 14.2 Å². The van der Waals surface area contributed by atoms with Crippen LogP contribution in [0.25, 0.3) is 0 Å². The number of Topliss-reactive ketones (excluding diaryl/α,β-unsaturated/α-hetero) is 1. The molecular weight excluding hydrogens is 436 g/mol. The van der Waals surface area contributed by atoms with Crippen LogP contribution in [0.4, 0.5) is 0 Å². The molecule has 6 nitrogen and oxygen atoms in total. The zero-order chi connectivity index (χ0) is 20.4. The van der Waals surface area contributed by atoms with E-state index in [0.29, 0.717) is 42.3 Å². The van der Waals surface area contributed by atoms with E-state index in [2.05, 4.69) is 6.92 Å². The molecule has 5 rings (SSSR count). The highest BCUT2D eigenvalue weighted by Gasteiger charge is 2.74. The number of halogens is 1. The fraction of sp³-hybridized carbons (Fsp3) is 0.650. The minimum Gasteiger partial charge on any atom is -0.496 e. The normalized spacial score (nSPS) is 38.1. The molecule has 1 aromatic carbocycles. The van der Waals surface area contributed by atoms with E-state index in [1.165, 1.54) is 14.2 Å². The number of hydrogen-bond donors (Lipinski definition) is 0. The summed E-state index contributed by atoms with van der Waals surface area (Å²) in [5.41, 5.74) is -0.811. The van der Waals surface area contributed by atoms with Crippen LogP contribution in [0.3, 0.4) is 0 Å². The van der Waals surface area contributed by atoms with Gasteiger partial charge in [0.05, 0.1) is 27.4 Å². The molecule has 0 bridgehead atoms. The summed E-state index contributed by atoms with van der Waals surface area (Å²) in [7, 11) is 3.05. The van der Waals surface area contributed by atoms with Crippen molar-refractivity contribution in [1.29, 1.82) is 0 Å². The molecule has 158 valence electrons. The molecule has 3 aliphatic heterocycles. The molecule has 29 heavy (non-hydrogen) atoms. The van der Waals surface area contributed by atoms with E-state index in [9.17, 15) is 4.79 Å². The van der Waals surface area contributed by atoms with Gasteiger partial charge in [-0.15, -0.1) is 23.5 Å². The van der Waals surface area contributed by atoms with Crippen molar-refractivity contribution in [2.24, 2.45) is 5.92 Å². The lowest BCUT2D eigenvalue weighted by Gasteiger charge is -2.54. The molecule has 4 atom stereocenters. The SMILES string of the molecule is COc1cc(OC)c2c(c1Cl)OC1(C2=O)C(C)CC2(CC13OCCS3)OCCS2. The predicted octanol–water partition coefficient (Wildman–Crippen LogP) is 4.02. The minimum atomic E-state index is -1.18. The fourth-order valence-electron chi connectivity index (χ4n) is 5.21. The molecule has 0 amide bonds. The van der Waals surface area contributed by atoms with Gasteiger partial charge in [0.15, 0.2) is 10.7 Å². The quantitative estimate of drug-likeness (QED) is 0.658. The van der Waals surface area contributed by atoms with Gasteiger partial charge in [0, 0.05) is 29.9 Å². The third-order valence-electron chi connectivity index (χ3n) is 6.37. The van der Waals surface area contributed by atoms with E-state index in [4.69, 9.17) is 35.3 Å². The lowest BCUT2D eigenvalue weighted by atomic mass is 9.69. The van der Waals surface area contributed by atoms with E-state index >= 15 is 0 Å². The van der Waals surface area contributed by atoms with Crippen LogP contribution in [0.2, 0.25) is 5.02 Å². The molecule has 0 radical (unpaired) electrons. The largest absolute Gasteiger partial charge is 0.496 e. The molecular formula is C20H23ClO6S2. The number of ketones is 1. The zero-order valence-electron chi connectivity index (χ0n) is 16.5. The molecule has 3 spiro atoms. The standard InChI is InChI=1S/C20H23ClO6S2/c1-11-9-18(25-4-6-28-18)10-19(26-5-7-29-19)20(11)17(22)14-12(23-2)8-13(24-3)15(21)16(14)27-20/h8,11H,4-7,9-10H2,1-3H3. The average Bonchev–Trinajstić information content (AvgIpc) is 3.42. The van der Waals surface area contributed by atoms with Gasteiger partial charge in [-0.3, -0.25) is 4.79 Å². The van der Waals surface area contributed by atoms with E-state index < -0.39 is 10.5 Å². The van der Waals surface area contributed by atoms with Gasteiger partial charge in [-0.05, 0) is 6.42 Å². The van der Waals surface area contributed by atoms with Crippen molar-refractivity contribution in [3.05, 3.63) is 16.7 Å². The Balaban J connectivity index is 1.68. The highest BCUT2D eigenvalue weighted by atomic mass is 35.5. The zero-order valence-corrected chi connectivity index (χ0v) is 18.9. The number of fused-ring (bicyclic) bond motifs is 2. The number of thioether (sulfide) groups is 2. The molecule has 4 aliphatic rings. The topological polar surface area (TPSA) is 63.2 Å². The Kier molecular flexibility index (Phi) is 4.75. The molecule has 9 heteroatoms. The predicted molar refractivity (Wildman–Crippen MR) is 113 cm³/mol. The highest BCUT2D eigenvalue weighted by Crippen LogP contribution is 2.65. The number of carbonyl (C=O) groups is 1. The van der Waals surface area contributed by atoms with Crippen molar-refractivity contribution >= 4 is 40.9 Å². The first-order chi connectivity index (χ1) is 13.9. The van der Waals surface area contributed by atoms with Crippen molar-refractivity contribution < 1.29 is 28.5 Å². The summed E-state index contributed by atoms with van der Waals surface area (Å²) in [6, 6.07) is 1.64. The number of rotatable bonds is 2. The molecule has 1 aromatic rings. The van der Waals surface area contributed by atoms with Gasteiger partial charge in [0.1, 0.15) is 27.0 Å². The van der Waals surface area contributed by atoms with Crippen molar-refractivity contribution in [2.75, 3.05) is 38.9 Å². The van der Waals surface area contributed by atoms with Crippen LogP contribution in [-0.2, 0) is 9.47 Å². The Morgan fingerprint density at radius 3 is 2.48 bits per heavy atom. The fourth-order valence-corrected chi connectivity index (χ4v) is 8.49. The van der Waals surface area contributed by atoms with E-state index in [0.717, 1.165) is 18.1 Å². The van der Waals surface area contributed by atoms with Crippen molar-refractivity contribution in [2.45, 2.75) is 35.2 Å². The second-order valence-corrected chi connectivity index (χ2v) is 11.0. The number of hydrogen-bond acceptors (Lipinski definition) is 8. The van der Waals surface area contributed by atoms with Gasteiger partial charge in [0.25, 0.3) is 0 Å². The maximum Gasteiger partial charge on any atom is 0.218 e. The second kappa shape index (κ2) is 6.85. The highest BCUT2D eigenvalue weighted by molar-refractivity contribution is 8.01. The summed E-state index contributed by atoms with van der Waals surface area (Å²) >= 11 is 10.1. The first-order valence-corrected chi connectivity index (χ1v) is 12.0. The van der Waals surface area contributed by atoms with Gasteiger partial charge in [-0.1, -0.05) is 18.5 Å². The summed E-state index contributed by atoms with van der Waals surface area (Å²) in [5, 5.41) is 0.283. The maximum absolute atomic E-state index is 14.0. The molecule has 1 saturated carbocycles. The van der Waals surface area contributed by atoms with Crippen LogP contribution in [0.15, 0.2) is 6.07 Å². The maximum atomic E-state index is 14.0. The van der Waals surface area contributed by atoms with E-state index in [-0.39, 0.29) is 21.7 Å². The lowest BCUT2D eigenvalue weighted by Crippen LogP contribution is -2.68. The molecule has 3 heterocycles. The molecule has 4 unspecified atom stereocenters. The van der Waals surface area contributed by atoms with Gasteiger partial charge in [0.2, 0.25) is 11.4 Å². The van der Waals surface area contributed by atoms with E-state index in [1.54, 1.807) is 17.8 Å². The van der Waals surface area contributed by atoms with Crippen LogP contribution in [0.1, 0.15) is 30.1 Å². The molecule has 0 N–H and O–H groups in total. The van der Waals surface area contributed by atoms with E-state index in [1.807, 2.05) is 11.8 Å². The van der Waals surface area contributed by atoms with Crippen LogP contribution in [0.5, 0.6) is 17.2 Å². The summed E-state index contributed by atoms with van der Waals surface area (Å²) in [4.78, 5) is 12.9. The third kappa shape index (κ3) is 2.56. The number of carbonyl (C=O) groups excluding carboxylic acids is 1. The lowest BCUT2D eigenvalue weighted by molar-refractivity contribution is -0.160. The van der Waals surface area contributed by atoms with Crippen molar-refractivity contribution in [1.82, 2.24) is 0 Å². The Labute approximate surface area is 183 Å². The third-order valence-corrected chi connectivity index (χ3v) is 9.45. The average molecular weight is 459 g/mol. The molecule has 2 saturated heterocycles. The van der Waals surface area contributed by atoms with Gasteiger partial charge >= 0.3 is 0 Å². The Hall–Kier alpha value is -0.800. The van der Waals surface area contributed by atoms with Crippen LogP contribution in [-0.4, -0.2) is 60.2 Å².